The zero-order valence-electron chi connectivity index (χ0n) is 11.7. The van der Waals surface area contributed by atoms with Gasteiger partial charge in [-0.15, -0.1) is 0 Å². The van der Waals surface area contributed by atoms with Crippen molar-refractivity contribution in [3.8, 4) is 5.75 Å². The molecule has 1 aromatic carbocycles. The minimum absolute atomic E-state index is 0.108. The average molecular weight is 262 g/mol. The molecule has 0 atom stereocenters. The molecule has 0 spiro atoms. The molecular weight excluding hydrogens is 240 g/mol. The van der Waals surface area contributed by atoms with Crippen molar-refractivity contribution in [1.82, 2.24) is 5.32 Å². The summed E-state index contributed by atoms with van der Waals surface area (Å²) in [4.78, 5) is 12.2. The second-order valence-electron chi connectivity index (χ2n) is 5.32. The fourth-order valence-corrected chi connectivity index (χ4v) is 2.66. The molecule has 1 aliphatic rings. The number of benzene rings is 1. The third kappa shape index (κ3) is 2.67. The van der Waals surface area contributed by atoms with Gasteiger partial charge in [-0.25, -0.2) is 0 Å². The van der Waals surface area contributed by atoms with E-state index in [1.165, 1.54) is 26.4 Å². The molecule has 1 amide bonds. The smallest absolute Gasteiger partial charge is 0.255 e. The number of nitrogen functional groups attached to an aromatic ring is 1. The SMILES string of the molecule is CCC1(CNC(=O)c2cccc(N)c2OC)CCC1. The summed E-state index contributed by atoms with van der Waals surface area (Å²) in [6.07, 6.45) is 4.79. The molecule has 1 fully saturated rings. The van der Waals surface area contributed by atoms with Crippen molar-refractivity contribution in [3.05, 3.63) is 23.8 Å². The summed E-state index contributed by atoms with van der Waals surface area (Å²) in [6.45, 7) is 2.92. The van der Waals surface area contributed by atoms with E-state index in [2.05, 4.69) is 12.2 Å². The van der Waals surface area contributed by atoms with Crippen molar-refractivity contribution >= 4 is 11.6 Å². The second kappa shape index (κ2) is 5.51. The van der Waals surface area contributed by atoms with E-state index in [4.69, 9.17) is 10.5 Å². The third-order valence-corrected chi connectivity index (χ3v) is 4.28. The van der Waals surface area contributed by atoms with Crippen molar-refractivity contribution in [2.75, 3.05) is 19.4 Å². The van der Waals surface area contributed by atoms with Crippen LogP contribution in [-0.4, -0.2) is 19.6 Å². The lowest BCUT2D eigenvalue weighted by molar-refractivity contribution is 0.0847. The zero-order chi connectivity index (χ0) is 13.9. The number of para-hydroxylation sites is 1. The Hall–Kier alpha value is -1.71. The van der Waals surface area contributed by atoms with E-state index in [9.17, 15) is 4.79 Å². The Morgan fingerprint density at radius 2 is 2.21 bits per heavy atom. The Morgan fingerprint density at radius 1 is 1.47 bits per heavy atom. The van der Waals surface area contributed by atoms with Crippen LogP contribution in [0.5, 0.6) is 5.75 Å². The molecule has 104 valence electrons. The lowest BCUT2D eigenvalue weighted by atomic mass is 9.67. The van der Waals surface area contributed by atoms with Gasteiger partial charge in [-0.1, -0.05) is 19.4 Å². The molecule has 19 heavy (non-hydrogen) atoms. The summed E-state index contributed by atoms with van der Waals surface area (Å²) in [5.41, 5.74) is 7.12. The predicted molar refractivity (Wildman–Crippen MR) is 76.3 cm³/mol. The molecule has 3 N–H and O–H groups in total. The minimum Gasteiger partial charge on any atom is -0.494 e. The van der Waals surface area contributed by atoms with E-state index < -0.39 is 0 Å². The van der Waals surface area contributed by atoms with Crippen LogP contribution in [0.2, 0.25) is 0 Å². The van der Waals surface area contributed by atoms with Gasteiger partial charge in [0, 0.05) is 6.54 Å². The second-order valence-corrected chi connectivity index (χ2v) is 5.32. The van der Waals surface area contributed by atoms with Crippen LogP contribution in [0.15, 0.2) is 18.2 Å². The Morgan fingerprint density at radius 3 is 2.74 bits per heavy atom. The molecule has 1 aromatic rings. The van der Waals surface area contributed by atoms with Gasteiger partial charge in [0.25, 0.3) is 5.91 Å². The van der Waals surface area contributed by atoms with Crippen LogP contribution in [0.1, 0.15) is 43.0 Å². The zero-order valence-corrected chi connectivity index (χ0v) is 11.7. The molecule has 2 rings (SSSR count). The maximum Gasteiger partial charge on any atom is 0.255 e. The summed E-state index contributed by atoms with van der Waals surface area (Å²) in [5.74, 6) is 0.350. The van der Waals surface area contributed by atoms with Crippen molar-refractivity contribution in [2.45, 2.75) is 32.6 Å². The van der Waals surface area contributed by atoms with E-state index in [0.717, 1.165) is 13.0 Å². The molecule has 0 heterocycles. The first-order chi connectivity index (χ1) is 9.12. The lowest BCUT2D eigenvalue weighted by Crippen LogP contribution is -2.41. The van der Waals surface area contributed by atoms with Gasteiger partial charge in [0.15, 0.2) is 5.75 Å². The highest BCUT2D eigenvalue weighted by Gasteiger charge is 2.35. The number of anilines is 1. The molecule has 0 unspecified atom stereocenters. The van der Waals surface area contributed by atoms with Crippen molar-refractivity contribution in [3.63, 3.8) is 0 Å². The van der Waals surface area contributed by atoms with Crippen LogP contribution in [-0.2, 0) is 0 Å². The van der Waals surface area contributed by atoms with E-state index in [1.54, 1.807) is 18.2 Å². The number of amides is 1. The molecule has 0 radical (unpaired) electrons. The van der Waals surface area contributed by atoms with E-state index in [0.29, 0.717) is 22.4 Å². The topological polar surface area (TPSA) is 64.4 Å². The van der Waals surface area contributed by atoms with E-state index >= 15 is 0 Å². The quantitative estimate of drug-likeness (QED) is 0.802. The lowest BCUT2D eigenvalue weighted by Gasteiger charge is -2.41. The predicted octanol–water partition coefficient (Wildman–Crippen LogP) is 2.59. The number of nitrogens with one attached hydrogen (secondary N) is 1. The first kappa shape index (κ1) is 13.7. The third-order valence-electron chi connectivity index (χ3n) is 4.28. The van der Waals surface area contributed by atoms with Crippen molar-refractivity contribution < 1.29 is 9.53 Å². The summed E-state index contributed by atoms with van der Waals surface area (Å²) >= 11 is 0. The number of hydrogen-bond donors (Lipinski definition) is 2. The maximum absolute atomic E-state index is 12.2. The largest absolute Gasteiger partial charge is 0.494 e. The van der Waals surface area contributed by atoms with Gasteiger partial charge < -0.3 is 15.8 Å². The summed E-state index contributed by atoms with van der Waals surface area (Å²) in [7, 11) is 1.53. The van der Waals surface area contributed by atoms with Gasteiger partial charge in [0.1, 0.15) is 0 Å². The van der Waals surface area contributed by atoms with Gasteiger partial charge in [0.2, 0.25) is 0 Å². The van der Waals surface area contributed by atoms with Crippen LogP contribution >= 0.6 is 0 Å². The Kier molecular flexibility index (Phi) is 3.98. The number of carbonyl (C=O) groups is 1. The number of hydrogen-bond acceptors (Lipinski definition) is 3. The summed E-state index contributed by atoms with van der Waals surface area (Å²) < 4.78 is 5.21. The minimum atomic E-state index is -0.108. The number of rotatable bonds is 5. The molecule has 4 nitrogen and oxygen atoms in total. The first-order valence-electron chi connectivity index (χ1n) is 6.82. The van der Waals surface area contributed by atoms with Gasteiger partial charge in [-0.3, -0.25) is 4.79 Å². The standard InChI is InChI=1S/C15H22N2O2/c1-3-15(8-5-9-15)10-17-14(18)11-6-4-7-12(16)13(11)19-2/h4,6-7H,3,5,8-10,16H2,1-2H3,(H,17,18). The highest BCUT2D eigenvalue weighted by Crippen LogP contribution is 2.43. The highest BCUT2D eigenvalue weighted by atomic mass is 16.5. The molecular formula is C15H22N2O2. The molecule has 0 aromatic heterocycles. The fraction of sp³-hybridized carbons (Fsp3) is 0.533. The van der Waals surface area contributed by atoms with E-state index in [1.807, 2.05) is 0 Å². The van der Waals surface area contributed by atoms with Crippen LogP contribution in [0.25, 0.3) is 0 Å². The first-order valence-corrected chi connectivity index (χ1v) is 6.82. The highest BCUT2D eigenvalue weighted by molar-refractivity contribution is 5.98. The van der Waals surface area contributed by atoms with Gasteiger partial charge in [-0.2, -0.15) is 0 Å². The molecule has 4 heteroatoms. The van der Waals surface area contributed by atoms with Crippen LogP contribution < -0.4 is 15.8 Å². The number of ether oxygens (including phenoxy) is 1. The van der Waals surface area contributed by atoms with Gasteiger partial charge >= 0.3 is 0 Å². The molecule has 1 aliphatic carbocycles. The van der Waals surface area contributed by atoms with Crippen LogP contribution in [0, 0.1) is 5.41 Å². The number of carbonyl (C=O) groups excluding carboxylic acids is 1. The summed E-state index contributed by atoms with van der Waals surface area (Å²) in [6, 6.07) is 5.24. The van der Waals surface area contributed by atoms with Gasteiger partial charge in [-0.05, 0) is 36.8 Å². The fourth-order valence-electron chi connectivity index (χ4n) is 2.66. The molecule has 0 aliphatic heterocycles. The van der Waals surface area contributed by atoms with E-state index in [-0.39, 0.29) is 5.91 Å². The monoisotopic (exact) mass is 262 g/mol. The molecule has 0 bridgehead atoms. The summed E-state index contributed by atoms with van der Waals surface area (Å²) in [5, 5.41) is 3.02. The Bertz CT molecular complexity index is 462. The van der Waals surface area contributed by atoms with Crippen LogP contribution in [0.4, 0.5) is 5.69 Å². The molecule has 1 saturated carbocycles. The Balaban J connectivity index is 2.06. The average Bonchev–Trinajstić information content (AvgIpc) is 2.37. The normalized spacial score (nSPS) is 16.5. The van der Waals surface area contributed by atoms with Gasteiger partial charge in [0.05, 0.1) is 18.4 Å². The number of methoxy groups -OCH3 is 1. The number of nitrogens with two attached hydrogens (primary N) is 1. The maximum atomic E-state index is 12.2. The molecule has 0 saturated heterocycles. The van der Waals surface area contributed by atoms with Crippen LogP contribution in [0.3, 0.4) is 0 Å². The van der Waals surface area contributed by atoms with Crippen molar-refractivity contribution in [2.24, 2.45) is 5.41 Å². The van der Waals surface area contributed by atoms with Crippen molar-refractivity contribution in [1.29, 1.82) is 0 Å². The Labute approximate surface area is 114 Å².